The van der Waals surface area contributed by atoms with Gasteiger partial charge in [0, 0.05) is 12.1 Å². The molecular formula is C16H18F4N3O2S. The van der Waals surface area contributed by atoms with Gasteiger partial charge in [-0.3, -0.25) is 4.72 Å². The number of rotatable bonds is 8. The lowest BCUT2D eigenvalue weighted by Crippen LogP contribution is -2.22. The first-order valence-corrected chi connectivity index (χ1v) is 9.57. The van der Waals surface area contributed by atoms with Gasteiger partial charge >= 0.3 is 6.18 Å². The highest BCUT2D eigenvalue weighted by Crippen LogP contribution is 2.27. The van der Waals surface area contributed by atoms with Crippen molar-refractivity contribution in [2.75, 3.05) is 10.5 Å². The van der Waals surface area contributed by atoms with Crippen LogP contribution in [0.2, 0.25) is 0 Å². The quantitative estimate of drug-likeness (QED) is 0.691. The van der Waals surface area contributed by atoms with Gasteiger partial charge in [-0.25, -0.2) is 17.8 Å². The highest BCUT2D eigenvalue weighted by Gasteiger charge is 2.30. The number of alkyl halides is 3. The van der Waals surface area contributed by atoms with Crippen LogP contribution in [0.25, 0.3) is 11.3 Å². The second kappa shape index (κ2) is 8.07. The second-order valence-electron chi connectivity index (χ2n) is 5.71. The van der Waals surface area contributed by atoms with Crippen LogP contribution < -0.4 is 4.72 Å². The Morgan fingerprint density at radius 2 is 2.04 bits per heavy atom. The molecule has 0 saturated carbocycles. The summed E-state index contributed by atoms with van der Waals surface area (Å²) in [6.07, 6.45) is 0.100. The maximum Gasteiger partial charge on any atom is 0.390 e. The molecule has 5 nitrogen and oxygen atoms in total. The van der Waals surface area contributed by atoms with Crippen molar-refractivity contribution in [3.63, 3.8) is 0 Å². The van der Waals surface area contributed by atoms with Gasteiger partial charge < -0.3 is 4.57 Å². The van der Waals surface area contributed by atoms with Crippen molar-refractivity contribution in [1.29, 1.82) is 0 Å². The van der Waals surface area contributed by atoms with E-state index >= 15 is 0 Å². The zero-order valence-electron chi connectivity index (χ0n) is 14.0. The highest BCUT2D eigenvalue weighted by atomic mass is 32.2. The third-order valence-electron chi connectivity index (χ3n) is 3.50. The number of aromatic nitrogens is 2. The molecule has 0 aliphatic rings. The first kappa shape index (κ1) is 20.2. The van der Waals surface area contributed by atoms with Crippen LogP contribution in [0.15, 0.2) is 24.5 Å². The summed E-state index contributed by atoms with van der Waals surface area (Å²) in [5.41, 5.74) is -0.229. The van der Waals surface area contributed by atoms with Crippen LogP contribution in [-0.4, -0.2) is 29.9 Å². The zero-order valence-corrected chi connectivity index (χ0v) is 14.8. The van der Waals surface area contributed by atoms with Crippen molar-refractivity contribution >= 4 is 15.7 Å². The van der Waals surface area contributed by atoms with Crippen LogP contribution in [0, 0.1) is 12.0 Å². The first-order valence-electron chi connectivity index (χ1n) is 7.92. The summed E-state index contributed by atoms with van der Waals surface area (Å²) < 4.78 is 78.3. The van der Waals surface area contributed by atoms with Crippen LogP contribution >= 0.6 is 0 Å². The number of aryl methyl sites for hydroxylation is 1. The first-order chi connectivity index (χ1) is 12.1. The fourth-order valence-electron chi connectivity index (χ4n) is 2.16. The van der Waals surface area contributed by atoms with Crippen LogP contribution in [0.4, 0.5) is 23.2 Å². The van der Waals surface area contributed by atoms with Crippen molar-refractivity contribution in [3.8, 4) is 11.3 Å². The number of nitrogens with zero attached hydrogens (tertiary/aromatic N) is 2. The van der Waals surface area contributed by atoms with Crippen LogP contribution in [0.1, 0.15) is 26.2 Å². The maximum absolute atomic E-state index is 14.6. The van der Waals surface area contributed by atoms with Gasteiger partial charge in [0.15, 0.2) is 5.82 Å². The van der Waals surface area contributed by atoms with Gasteiger partial charge in [-0.05, 0) is 18.6 Å². The molecule has 1 radical (unpaired) electrons. The standard InChI is InChI=1S/C16H18F4N3O2S/c1-2-3-8-23-10-14(21-11-23)12-5-4-6-13(15(12)17)22-26(24,25)9-7-16(18,19)20/h4-6,11,22H,2-3,7-9H2,1H3. The van der Waals surface area contributed by atoms with Crippen molar-refractivity contribution in [1.82, 2.24) is 9.55 Å². The molecule has 0 bridgehead atoms. The van der Waals surface area contributed by atoms with E-state index in [-0.39, 0.29) is 11.3 Å². The fraction of sp³-hybridized carbons (Fsp3) is 0.438. The SMILES string of the molecule is CCCCn1[c]c(-c2cccc(NS(=O)(=O)CCC(F)(F)F)c2F)nc1. The molecule has 0 aliphatic heterocycles. The molecule has 0 unspecified atom stereocenters. The van der Waals surface area contributed by atoms with Crippen molar-refractivity contribution < 1.29 is 26.0 Å². The summed E-state index contributed by atoms with van der Waals surface area (Å²) in [5, 5.41) is 0. The second-order valence-corrected chi connectivity index (χ2v) is 7.55. The van der Waals surface area contributed by atoms with Gasteiger partial charge in [0.1, 0.15) is 5.69 Å². The maximum atomic E-state index is 14.6. The Bertz CT molecular complexity index is 847. The van der Waals surface area contributed by atoms with Gasteiger partial charge in [-0.2, -0.15) is 13.2 Å². The van der Waals surface area contributed by atoms with E-state index in [1.165, 1.54) is 18.5 Å². The number of nitrogens with one attached hydrogen (secondary N) is 1. The predicted octanol–water partition coefficient (Wildman–Crippen LogP) is 3.98. The molecule has 1 N–H and O–H groups in total. The molecule has 1 aromatic carbocycles. The average molecular weight is 392 g/mol. The number of sulfonamides is 1. The number of benzene rings is 1. The van der Waals surface area contributed by atoms with Gasteiger partial charge in [0.25, 0.3) is 0 Å². The van der Waals surface area contributed by atoms with Crippen LogP contribution in [-0.2, 0) is 16.6 Å². The lowest BCUT2D eigenvalue weighted by Gasteiger charge is -2.11. The number of unbranched alkanes of at least 4 members (excludes halogenated alkanes) is 1. The number of anilines is 1. The Balaban J connectivity index is 2.20. The van der Waals surface area contributed by atoms with Crippen molar-refractivity contribution in [2.24, 2.45) is 0 Å². The summed E-state index contributed by atoms with van der Waals surface area (Å²) in [6, 6.07) is 3.92. The zero-order chi connectivity index (χ0) is 19.4. The highest BCUT2D eigenvalue weighted by molar-refractivity contribution is 7.92. The Morgan fingerprint density at radius 1 is 1.31 bits per heavy atom. The van der Waals surface area contributed by atoms with E-state index in [2.05, 4.69) is 11.2 Å². The van der Waals surface area contributed by atoms with E-state index in [9.17, 15) is 26.0 Å². The minimum absolute atomic E-state index is 0.0104. The monoisotopic (exact) mass is 392 g/mol. The van der Waals surface area contributed by atoms with E-state index in [0.717, 1.165) is 18.9 Å². The number of imidazole rings is 1. The Morgan fingerprint density at radius 3 is 2.69 bits per heavy atom. The molecule has 0 saturated heterocycles. The van der Waals surface area contributed by atoms with Gasteiger partial charge in [0.05, 0.1) is 30.4 Å². The van der Waals surface area contributed by atoms with Crippen molar-refractivity contribution in [3.05, 3.63) is 36.5 Å². The molecule has 10 heteroatoms. The third kappa shape index (κ3) is 5.72. The normalized spacial score (nSPS) is 12.3. The summed E-state index contributed by atoms with van der Waals surface area (Å²) in [6.45, 7) is 2.68. The van der Waals surface area contributed by atoms with Gasteiger partial charge in [-0.15, -0.1) is 0 Å². The van der Waals surface area contributed by atoms with E-state index in [0.29, 0.717) is 6.54 Å². The molecule has 0 fully saturated rings. The summed E-state index contributed by atoms with van der Waals surface area (Å²) >= 11 is 0. The molecule has 0 aliphatic carbocycles. The molecule has 0 spiro atoms. The minimum atomic E-state index is -4.62. The Labute approximate surface area is 149 Å². The smallest absolute Gasteiger partial charge is 0.329 e. The summed E-state index contributed by atoms with van der Waals surface area (Å²) in [5.74, 6) is -2.10. The van der Waals surface area contributed by atoms with E-state index < -0.39 is 39.9 Å². The van der Waals surface area contributed by atoms with Gasteiger partial charge in [0.2, 0.25) is 10.0 Å². The lowest BCUT2D eigenvalue weighted by molar-refractivity contribution is -0.129. The number of halogens is 4. The Hall–Kier alpha value is -2.10. The topological polar surface area (TPSA) is 64.0 Å². The number of hydrogen-bond acceptors (Lipinski definition) is 3. The van der Waals surface area contributed by atoms with E-state index in [1.807, 2.05) is 11.6 Å². The van der Waals surface area contributed by atoms with Crippen LogP contribution in [0.3, 0.4) is 0 Å². The molecule has 1 heterocycles. The molecule has 2 aromatic rings. The summed E-state index contributed by atoms with van der Waals surface area (Å²) in [4.78, 5) is 4.05. The largest absolute Gasteiger partial charge is 0.390 e. The van der Waals surface area contributed by atoms with E-state index in [4.69, 9.17) is 0 Å². The fourth-order valence-corrected chi connectivity index (χ4v) is 3.25. The predicted molar refractivity (Wildman–Crippen MR) is 89.4 cm³/mol. The lowest BCUT2D eigenvalue weighted by atomic mass is 10.1. The molecule has 0 amide bonds. The third-order valence-corrected chi connectivity index (χ3v) is 4.77. The summed E-state index contributed by atoms with van der Waals surface area (Å²) in [7, 11) is -4.34. The van der Waals surface area contributed by atoms with E-state index in [1.54, 1.807) is 4.57 Å². The molecule has 26 heavy (non-hydrogen) atoms. The Kier molecular flexibility index (Phi) is 6.27. The number of hydrogen-bond donors (Lipinski definition) is 1. The molecule has 2 rings (SSSR count). The molecule has 1 aromatic heterocycles. The minimum Gasteiger partial charge on any atom is -0.329 e. The molecular weight excluding hydrogens is 374 g/mol. The van der Waals surface area contributed by atoms with Gasteiger partial charge in [-0.1, -0.05) is 19.4 Å². The molecule has 143 valence electrons. The van der Waals surface area contributed by atoms with Crippen molar-refractivity contribution in [2.45, 2.75) is 38.9 Å². The average Bonchev–Trinajstić information content (AvgIpc) is 3.01. The molecule has 0 atom stereocenters. The van der Waals surface area contributed by atoms with Crippen LogP contribution in [0.5, 0.6) is 0 Å².